The van der Waals surface area contributed by atoms with Crippen LogP contribution in [-0.4, -0.2) is 79.2 Å². The lowest BCUT2D eigenvalue weighted by atomic mass is 9.86. The highest BCUT2D eigenvalue weighted by Gasteiger charge is 2.58. The van der Waals surface area contributed by atoms with Crippen LogP contribution in [0.15, 0.2) is 24.3 Å². The van der Waals surface area contributed by atoms with Crippen LogP contribution in [0.25, 0.3) is 11.0 Å². The molecule has 9 nitrogen and oxygen atoms in total. The summed E-state index contributed by atoms with van der Waals surface area (Å²) >= 11 is 0. The van der Waals surface area contributed by atoms with E-state index < -0.39 is 60.9 Å². The summed E-state index contributed by atoms with van der Waals surface area (Å²) in [6.45, 7) is 3.23. The van der Waals surface area contributed by atoms with Crippen LogP contribution in [0.2, 0.25) is 0 Å². The Hall–Kier alpha value is -2.21. The van der Waals surface area contributed by atoms with Crippen molar-refractivity contribution in [3.8, 4) is 0 Å². The Morgan fingerprint density at radius 3 is 2.67 bits per heavy atom. The highest BCUT2D eigenvalue weighted by molar-refractivity contribution is 5.78. The van der Waals surface area contributed by atoms with Crippen molar-refractivity contribution in [3.63, 3.8) is 0 Å². The van der Waals surface area contributed by atoms with Crippen LogP contribution in [0.3, 0.4) is 0 Å². The number of para-hydroxylation sites is 1. The van der Waals surface area contributed by atoms with Gasteiger partial charge in [-0.15, -0.1) is 5.10 Å². The number of carbonyl (C=O) groups excluding carboxylic acids is 1. The van der Waals surface area contributed by atoms with E-state index in [1.165, 1.54) is 0 Å². The van der Waals surface area contributed by atoms with Gasteiger partial charge in [-0.3, -0.25) is 4.79 Å². The number of fused-ring (bicyclic) bond motifs is 1. The molecule has 1 fully saturated rings. The Balaban J connectivity index is 2.13. The van der Waals surface area contributed by atoms with Gasteiger partial charge in [0.2, 0.25) is 11.8 Å². The van der Waals surface area contributed by atoms with Crippen molar-refractivity contribution in [1.29, 1.82) is 0 Å². The number of alkyl halides is 2. The lowest BCUT2D eigenvalue weighted by Crippen LogP contribution is -2.67. The molecule has 2 heterocycles. The Morgan fingerprint density at radius 1 is 1.37 bits per heavy atom. The van der Waals surface area contributed by atoms with Gasteiger partial charge in [0.1, 0.15) is 29.9 Å². The standard InChI is InChI=1S/C19H26F2N4O5/c1-9(2)18(29)22-13-14(25-11-7-5-4-6-10(11)23-24-25)17(20)19(3,21)30-16(13)15(28)12(27)8-26/h4-7,9,12-17,26-28H,8H2,1-3H3,(H,22,29)/t12-,13-,14-,15-,16-,17?,19?/m1/s1. The van der Waals surface area contributed by atoms with E-state index in [0.717, 1.165) is 11.6 Å². The van der Waals surface area contributed by atoms with Crippen LogP contribution in [0.5, 0.6) is 0 Å². The van der Waals surface area contributed by atoms with E-state index in [9.17, 15) is 20.1 Å². The second kappa shape index (κ2) is 8.50. The summed E-state index contributed by atoms with van der Waals surface area (Å²) in [4.78, 5) is 12.4. The van der Waals surface area contributed by atoms with E-state index in [1.807, 2.05) is 0 Å². The zero-order valence-electron chi connectivity index (χ0n) is 16.8. The molecule has 2 unspecified atom stereocenters. The molecule has 166 valence electrons. The molecule has 7 atom stereocenters. The summed E-state index contributed by atoms with van der Waals surface area (Å²) < 4.78 is 36.8. The predicted molar refractivity (Wildman–Crippen MR) is 102 cm³/mol. The van der Waals surface area contributed by atoms with Crippen LogP contribution >= 0.6 is 0 Å². The van der Waals surface area contributed by atoms with Gasteiger partial charge in [-0.1, -0.05) is 31.2 Å². The van der Waals surface area contributed by atoms with E-state index in [1.54, 1.807) is 38.1 Å². The normalized spacial score (nSPS) is 31.6. The third kappa shape index (κ3) is 4.02. The van der Waals surface area contributed by atoms with Gasteiger partial charge in [0, 0.05) is 5.92 Å². The Bertz CT molecular complexity index is 893. The quantitative estimate of drug-likeness (QED) is 0.519. The molecule has 0 aliphatic carbocycles. The average molecular weight is 428 g/mol. The molecule has 0 saturated carbocycles. The molecule has 1 aromatic carbocycles. The van der Waals surface area contributed by atoms with Gasteiger partial charge in [-0.2, -0.15) is 0 Å². The first kappa shape index (κ1) is 22.5. The number of rotatable bonds is 6. The third-order valence-corrected chi connectivity index (χ3v) is 5.29. The lowest BCUT2D eigenvalue weighted by molar-refractivity contribution is -0.279. The SMILES string of the molecule is CC(C)C(=O)N[C@H]1[C@H]([C@H](O)[C@H](O)CO)OC(C)(F)C(F)[C@@H]1n1nnc2ccccc21. The van der Waals surface area contributed by atoms with Crippen LogP contribution < -0.4 is 5.32 Å². The Morgan fingerprint density at radius 2 is 2.03 bits per heavy atom. The summed E-state index contributed by atoms with van der Waals surface area (Å²) in [5.74, 6) is -3.88. The van der Waals surface area contributed by atoms with Crippen molar-refractivity contribution in [3.05, 3.63) is 24.3 Å². The molecule has 30 heavy (non-hydrogen) atoms. The number of nitrogens with one attached hydrogen (secondary N) is 1. The first-order valence-electron chi connectivity index (χ1n) is 9.66. The second-order valence-electron chi connectivity index (χ2n) is 7.91. The highest BCUT2D eigenvalue weighted by Crippen LogP contribution is 2.41. The molecular formula is C19H26F2N4O5. The van der Waals surface area contributed by atoms with E-state index in [-0.39, 0.29) is 0 Å². The number of aromatic nitrogens is 3. The molecule has 1 aliphatic rings. The maximum absolute atomic E-state index is 15.4. The Kier molecular flexibility index (Phi) is 6.37. The minimum atomic E-state index is -2.88. The number of hydrogen-bond donors (Lipinski definition) is 4. The smallest absolute Gasteiger partial charge is 0.240 e. The topological polar surface area (TPSA) is 130 Å². The number of ether oxygens (including phenoxy) is 1. The molecule has 3 rings (SSSR count). The maximum atomic E-state index is 15.4. The van der Waals surface area contributed by atoms with Gasteiger partial charge in [0.05, 0.1) is 18.2 Å². The monoisotopic (exact) mass is 428 g/mol. The fraction of sp³-hybridized carbons (Fsp3) is 0.632. The van der Waals surface area contributed by atoms with E-state index >= 15 is 8.78 Å². The van der Waals surface area contributed by atoms with E-state index in [4.69, 9.17) is 4.74 Å². The number of halogens is 2. The molecule has 0 bridgehead atoms. The van der Waals surface area contributed by atoms with Gasteiger partial charge in [-0.05, 0) is 19.1 Å². The highest BCUT2D eigenvalue weighted by atomic mass is 19.2. The van der Waals surface area contributed by atoms with Gasteiger partial charge < -0.3 is 25.4 Å². The van der Waals surface area contributed by atoms with Crippen molar-refractivity contribution < 1.29 is 33.6 Å². The number of carbonyl (C=O) groups is 1. The summed E-state index contributed by atoms with van der Waals surface area (Å²) in [5.41, 5.74) is 0.820. The van der Waals surface area contributed by atoms with Crippen LogP contribution in [0.1, 0.15) is 26.8 Å². The van der Waals surface area contributed by atoms with E-state index in [2.05, 4.69) is 15.6 Å². The van der Waals surface area contributed by atoms with Crippen molar-refractivity contribution >= 4 is 16.9 Å². The number of benzene rings is 1. The molecule has 4 N–H and O–H groups in total. The fourth-order valence-electron chi connectivity index (χ4n) is 3.58. The summed E-state index contributed by atoms with van der Waals surface area (Å²) in [5, 5.41) is 40.1. The molecule has 0 spiro atoms. The number of nitrogens with zero attached hydrogens (tertiary/aromatic N) is 3. The molecule has 0 radical (unpaired) electrons. The third-order valence-electron chi connectivity index (χ3n) is 5.29. The van der Waals surface area contributed by atoms with Gasteiger partial charge in [0.25, 0.3) is 0 Å². The van der Waals surface area contributed by atoms with E-state index in [0.29, 0.717) is 11.0 Å². The maximum Gasteiger partial charge on any atom is 0.240 e. The molecule has 2 aromatic rings. The summed E-state index contributed by atoms with van der Waals surface area (Å²) in [7, 11) is 0. The van der Waals surface area contributed by atoms with Crippen molar-refractivity contribution in [2.24, 2.45) is 5.92 Å². The number of amides is 1. The summed E-state index contributed by atoms with van der Waals surface area (Å²) in [6, 6.07) is 3.87. The molecule has 1 saturated heterocycles. The minimum Gasteiger partial charge on any atom is -0.394 e. The van der Waals surface area contributed by atoms with Gasteiger partial charge in [0.15, 0.2) is 6.17 Å². The molecule has 1 aromatic heterocycles. The number of hydrogen-bond acceptors (Lipinski definition) is 7. The molecular weight excluding hydrogens is 402 g/mol. The predicted octanol–water partition coefficient (Wildman–Crippen LogP) is 0.250. The largest absolute Gasteiger partial charge is 0.394 e. The zero-order chi connectivity index (χ0) is 22.2. The van der Waals surface area contributed by atoms with Crippen molar-refractivity contribution in [2.45, 2.75) is 63.2 Å². The zero-order valence-corrected chi connectivity index (χ0v) is 16.8. The fourth-order valence-corrected chi connectivity index (χ4v) is 3.58. The minimum absolute atomic E-state index is 0.391. The number of aliphatic hydroxyl groups excluding tert-OH is 3. The molecule has 1 aliphatic heterocycles. The Labute approximate surface area is 171 Å². The molecule has 11 heteroatoms. The first-order valence-corrected chi connectivity index (χ1v) is 9.66. The summed E-state index contributed by atoms with van der Waals surface area (Å²) in [6.07, 6.45) is -7.39. The average Bonchev–Trinajstić information content (AvgIpc) is 3.13. The molecule has 1 amide bonds. The van der Waals surface area contributed by atoms with Crippen molar-refractivity contribution in [2.75, 3.05) is 6.61 Å². The lowest BCUT2D eigenvalue weighted by Gasteiger charge is -2.47. The van der Waals surface area contributed by atoms with Crippen molar-refractivity contribution in [1.82, 2.24) is 20.3 Å². The van der Waals surface area contributed by atoms with Gasteiger partial charge >= 0.3 is 0 Å². The van der Waals surface area contributed by atoms with Crippen LogP contribution in [0, 0.1) is 5.92 Å². The first-order chi connectivity index (χ1) is 14.1. The second-order valence-corrected chi connectivity index (χ2v) is 7.91. The van der Waals surface area contributed by atoms with Crippen LogP contribution in [0.4, 0.5) is 8.78 Å². The van der Waals surface area contributed by atoms with Gasteiger partial charge in [-0.25, -0.2) is 13.5 Å². The number of aliphatic hydroxyl groups is 3. The van der Waals surface area contributed by atoms with Crippen LogP contribution in [-0.2, 0) is 9.53 Å².